The van der Waals surface area contributed by atoms with Gasteiger partial charge in [0.1, 0.15) is 6.61 Å². The van der Waals surface area contributed by atoms with E-state index in [2.05, 4.69) is 4.74 Å². The van der Waals surface area contributed by atoms with Gasteiger partial charge in [0.05, 0.1) is 13.0 Å². The molecule has 3 nitrogen and oxygen atoms in total. The summed E-state index contributed by atoms with van der Waals surface area (Å²) in [6.45, 7) is -2.33. The van der Waals surface area contributed by atoms with Crippen molar-refractivity contribution in [2.45, 2.75) is 25.1 Å². The fourth-order valence-corrected chi connectivity index (χ4v) is 1.40. The molecular formula is C12H11F5O3. The summed E-state index contributed by atoms with van der Waals surface area (Å²) in [6.07, 6.45) is -6.04. The Morgan fingerprint density at radius 1 is 1.10 bits per heavy atom. The summed E-state index contributed by atoms with van der Waals surface area (Å²) in [7, 11) is 0. The Morgan fingerprint density at radius 3 is 2.15 bits per heavy atom. The van der Waals surface area contributed by atoms with Gasteiger partial charge in [-0.2, -0.15) is 22.0 Å². The molecule has 0 saturated carbocycles. The van der Waals surface area contributed by atoms with Crippen LogP contribution in [0.3, 0.4) is 0 Å². The topological polar surface area (TPSA) is 46.5 Å². The molecule has 0 aliphatic carbocycles. The average molecular weight is 298 g/mol. The van der Waals surface area contributed by atoms with Crippen LogP contribution >= 0.6 is 0 Å². The maximum absolute atomic E-state index is 12.6. The van der Waals surface area contributed by atoms with E-state index in [-0.39, 0.29) is 12.0 Å². The zero-order valence-electron chi connectivity index (χ0n) is 10.1. The van der Waals surface area contributed by atoms with Gasteiger partial charge in [-0.25, -0.2) is 0 Å². The third-order valence-electron chi connectivity index (χ3n) is 2.42. The molecule has 20 heavy (non-hydrogen) atoms. The molecule has 1 aromatic carbocycles. The zero-order chi connectivity index (χ0) is 15.4. The Kier molecular flexibility index (Phi) is 5.04. The lowest BCUT2D eigenvalue weighted by molar-refractivity contribution is -0.297. The minimum atomic E-state index is -5.67. The molecule has 0 bridgehead atoms. The van der Waals surface area contributed by atoms with Crippen LogP contribution in [0.25, 0.3) is 0 Å². The minimum Gasteiger partial charge on any atom is -0.481 e. The van der Waals surface area contributed by atoms with Crippen LogP contribution in [0.1, 0.15) is 11.1 Å². The number of carboxylic acids is 1. The standard InChI is InChI=1S/C12H11F5O3/c13-11(14,12(15,16)17)7-20-6-9-4-2-1-3-8(9)5-10(18)19/h1-4H,5-7H2,(H,18,19). The lowest BCUT2D eigenvalue weighted by Gasteiger charge is -2.19. The molecule has 0 amide bonds. The Balaban J connectivity index is 2.65. The van der Waals surface area contributed by atoms with Gasteiger partial charge in [0, 0.05) is 0 Å². The van der Waals surface area contributed by atoms with Gasteiger partial charge < -0.3 is 9.84 Å². The van der Waals surface area contributed by atoms with E-state index in [4.69, 9.17) is 5.11 Å². The largest absolute Gasteiger partial charge is 0.481 e. The number of rotatable bonds is 6. The van der Waals surface area contributed by atoms with Gasteiger partial charge in [-0.05, 0) is 11.1 Å². The Hall–Kier alpha value is -1.70. The summed E-state index contributed by atoms with van der Waals surface area (Å²) in [5.41, 5.74) is 0.559. The highest BCUT2D eigenvalue weighted by Gasteiger charge is 2.57. The smallest absolute Gasteiger partial charge is 0.455 e. The number of halogens is 5. The van der Waals surface area contributed by atoms with Gasteiger partial charge in [-0.3, -0.25) is 4.79 Å². The van der Waals surface area contributed by atoms with E-state index >= 15 is 0 Å². The number of carboxylic acid groups (broad SMARTS) is 1. The molecule has 112 valence electrons. The number of aliphatic carboxylic acids is 1. The summed E-state index contributed by atoms with van der Waals surface area (Å²) in [4.78, 5) is 10.6. The van der Waals surface area contributed by atoms with Crippen molar-refractivity contribution in [1.82, 2.24) is 0 Å². The van der Waals surface area contributed by atoms with Crippen LogP contribution < -0.4 is 0 Å². The predicted octanol–water partition coefficient (Wildman–Crippen LogP) is 3.03. The van der Waals surface area contributed by atoms with Crippen molar-refractivity contribution < 1.29 is 36.6 Å². The molecule has 0 atom stereocenters. The molecular weight excluding hydrogens is 287 g/mol. The first-order chi connectivity index (χ1) is 9.13. The monoisotopic (exact) mass is 298 g/mol. The van der Waals surface area contributed by atoms with Gasteiger partial charge >= 0.3 is 18.1 Å². The average Bonchev–Trinajstić information content (AvgIpc) is 2.29. The maximum Gasteiger partial charge on any atom is 0.455 e. The Morgan fingerprint density at radius 2 is 1.65 bits per heavy atom. The van der Waals surface area contributed by atoms with Crippen molar-refractivity contribution in [2.24, 2.45) is 0 Å². The highest BCUT2D eigenvalue weighted by Crippen LogP contribution is 2.35. The van der Waals surface area contributed by atoms with E-state index in [9.17, 15) is 26.7 Å². The fraction of sp³-hybridized carbons (Fsp3) is 0.417. The molecule has 1 rings (SSSR count). The number of hydrogen-bond donors (Lipinski definition) is 1. The number of ether oxygens (including phenoxy) is 1. The van der Waals surface area contributed by atoms with Crippen LogP contribution in [0.4, 0.5) is 22.0 Å². The first kappa shape index (κ1) is 16.4. The molecule has 0 saturated heterocycles. The quantitative estimate of drug-likeness (QED) is 0.821. The SMILES string of the molecule is O=C(O)Cc1ccccc1COCC(F)(F)C(F)(F)F. The van der Waals surface area contributed by atoms with E-state index < -0.39 is 31.3 Å². The highest BCUT2D eigenvalue weighted by molar-refractivity contribution is 5.70. The Labute approximate surface area is 111 Å². The first-order valence-electron chi connectivity index (χ1n) is 5.44. The van der Waals surface area contributed by atoms with E-state index in [0.717, 1.165) is 0 Å². The second-order valence-corrected chi connectivity index (χ2v) is 4.03. The summed E-state index contributed by atoms with van der Waals surface area (Å²) >= 11 is 0. The molecule has 0 heterocycles. The van der Waals surface area contributed by atoms with E-state index in [1.54, 1.807) is 0 Å². The zero-order valence-corrected chi connectivity index (χ0v) is 10.1. The number of carbonyl (C=O) groups is 1. The van der Waals surface area contributed by atoms with Crippen LogP contribution in [0.15, 0.2) is 24.3 Å². The molecule has 0 aromatic heterocycles. The van der Waals surface area contributed by atoms with Crippen molar-refractivity contribution >= 4 is 5.97 Å². The van der Waals surface area contributed by atoms with Gasteiger partial charge in [-0.15, -0.1) is 0 Å². The normalized spacial score (nSPS) is 12.4. The molecule has 0 unspecified atom stereocenters. The summed E-state index contributed by atoms with van der Waals surface area (Å²) < 4.78 is 65.3. The number of alkyl halides is 5. The van der Waals surface area contributed by atoms with Gasteiger partial charge in [0.2, 0.25) is 0 Å². The maximum atomic E-state index is 12.6. The van der Waals surface area contributed by atoms with Crippen LogP contribution in [0.5, 0.6) is 0 Å². The van der Waals surface area contributed by atoms with Crippen LogP contribution in [0, 0.1) is 0 Å². The summed E-state index contributed by atoms with van der Waals surface area (Å²) in [5, 5.41) is 8.64. The van der Waals surface area contributed by atoms with E-state index in [1.807, 2.05) is 0 Å². The van der Waals surface area contributed by atoms with Gasteiger partial charge in [0.15, 0.2) is 0 Å². The number of benzene rings is 1. The third kappa shape index (κ3) is 4.44. The van der Waals surface area contributed by atoms with E-state index in [0.29, 0.717) is 5.56 Å². The molecule has 0 radical (unpaired) electrons. The minimum absolute atomic E-state index is 0.257. The van der Waals surface area contributed by atoms with Crippen molar-refractivity contribution in [3.8, 4) is 0 Å². The van der Waals surface area contributed by atoms with Crippen molar-refractivity contribution in [1.29, 1.82) is 0 Å². The van der Waals surface area contributed by atoms with Crippen molar-refractivity contribution in [2.75, 3.05) is 6.61 Å². The lowest BCUT2D eigenvalue weighted by atomic mass is 10.1. The predicted molar refractivity (Wildman–Crippen MR) is 58.4 cm³/mol. The highest BCUT2D eigenvalue weighted by atomic mass is 19.4. The van der Waals surface area contributed by atoms with Gasteiger partial charge in [-0.1, -0.05) is 24.3 Å². The Bertz CT molecular complexity index is 470. The third-order valence-corrected chi connectivity index (χ3v) is 2.42. The van der Waals surface area contributed by atoms with Crippen molar-refractivity contribution in [3.63, 3.8) is 0 Å². The molecule has 0 aliphatic heterocycles. The summed E-state index contributed by atoms with van der Waals surface area (Å²) in [5.74, 6) is -6.08. The van der Waals surface area contributed by atoms with Gasteiger partial charge in [0.25, 0.3) is 0 Å². The van der Waals surface area contributed by atoms with Crippen LogP contribution in [-0.4, -0.2) is 29.8 Å². The second kappa shape index (κ2) is 6.17. The van der Waals surface area contributed by atoms with Crippen molar-refractivity contribution in [3.05, 3.63) is 35.4 Å². The molecule has 0 fully saturated rings. The lowest BCUT2D eigenvalue weighted by Crippen LogP contribution is -2.40. The van der Waals surface area contributed by atoms with Crippen LogP contribution in [-0.2, 0) is 22.6 Å². The molecule has 1 N–H and O–H groups in total. The van der Waals surface area contributed by atoms with Crippen LogP contribution in [0.2, 0.25) is 0 Å². The first-order valence-corrected chi connectivity index (χ1v) is 5.44. The second-order valence-electron chi connectivity index (χ2n) is 4.03. The summed E-state index contributed by atoms with van der Waals surface area (Å²) in [6, 6.07) is 5.89. The van der Waals surface area contributed by atoms with E-state index in [1.165, 1.54) is 24.3 Å². The fourth-order valence-electron chi connectivity index (χ4n) is 1.40. The molecule has 8 heteroatoms. The molecule has 1 aromatic rings. The number of hydrogen-bond acceptors (Lipinski definition) is 2. The molecule has 0 spiro atoms. The molecule has 0 aliphatic rings.